The summed E-state index contributed by atoms with van der Waals surface area (Å²) < 4.78 is 1.97. The Hall–Kier alpha value is -4.83. The summed E-state index contributed by atoms with van der Waals surface area (Å²) in [6.07, 6.45) is 3.57. The lowest BCUT2D eigenvalue weighted by Crippen LogP contribution is -2.07. The van der Waals surface area contributed by atoms with Crippen molar-refractivity contribution in [3.05, 3.63) is 89.8 Å². The van der Waals surface area contributed by atoms with Crippen LogP contribution in [0.4, 0.5) is 17.5 Å². The second-order valence-corrected chi connectivity index (χ2v) is 9.03. The lowest BCUT2D eigenvalue weighted by Gasteiger charge is -2.10. The van der Waals surface area contributed by atoms with Crippen LogP contribution in [0.25, 0.3) is 38.8 Å². The van der Waals surface area contributed by atoms with Gasteiger partial charge in [-0.15, -0.1) is 0 Å². The minimum atomic E-state index is 0.465. The van der Waals surface area contributed by atoms with Gasteiger partial charge in [-0.1, -0.05) is 18.2 Å². The van der Waals surface area contributed by atoms with E-state index in [4.69, 9.17) is 9.97 Å². The van der Waals surface area contributed by atoms with Gasteiger partial charge in [0.1, 0.15) is 12.2 Å². The Balaban J connectivity index is 1.28. The Bertz CT molecular complexity index is 1800. The molecular formula is C26H19N9S. The summed E-state index contributed by atoms with van der Waals surface area (Å²) >= 11 is 1.63. The number of benzene rings is 2. The van der Waals surface area contributed by atoms with Crippen molar-refractivity contribution in [2.75, 3.05) is 10.6 Å². The van der Waals surface area contributed by atoms with E-state index in [9.17, 15) is 0 Å². The predicted octanol–water partition coefficient (Wildman–Crippen LogP) is 5.66. The van der Waals surface area contributed by atoms with Gasteiger partial charge < -0.3 is 15.6 Å². The molecule has 7 aromatic rings. The van der Waals surface area contributed by atoms with Gasteiger partial charge in [0.15, 0.2) is 17.0 Å². The topological polar surface area (TPSA) is 109 Å². The first kappa shape index (κ1) is 20.5. The fraction of sp³-hybridized carbons (Fsp3) is 0.0385. The molecule has 0 radical (unpaired) electrons. The minimum absolute atomic E-state index is 0.465. The van der Waals surface area contributed by atoms with Crippen LogP contribution < -0.4 is 10.6 Å². The maximum atomic E-state index is 4.82. The summed E-state index contributed by atoms with van der Waals surface area (Å²) in [4.78, 5) is 26.6. The first-order valence-electron chi connectivity index (χ1n) is 11.4. The SMILES string of the molecule is c1cnc2ccc(Nc3nc(NCc4nc5ccccc5[nH]4)c4ncn(-c5ccsc5)c4n3)cc2c1. The predicted molar refractivity (Wildman–Crippen MR) is 143 cm³/mol. The number of rotatable bonds is 6. The molecule has 9 nitrogen and oxygen atoms in total. The monoisotopic (exact) mass is 489 g/mol. The largest absolute Gasteiger partial charge is 0.361 e. The lowest BCUT2D eigenvalue weighted by atomic mass is 10.2. The van der Waals surface area contributed by atoms with Crippen LogP contribution >= 0.6 is 11.3 Å². The third-order valence-corrected chi connectivity index (χ3v) is 6.57. The van der Waals surface area contributed by atoms with E-state index < -0.39 is 0 Å². The van der Waals surface area contributed by atoms with Gasteiger partial charge in [-0.25, -0.2) is 9.97 Å². The molecule has 0 fully saturated rings. The van der Waals surface area contributed by atoms with Gasteiger partial charge in [-0.3, -0.25) is 9.55 Å². The number of hydrogen-bond donors (Lipinski definition) is 3. The highest BCUT2D eigenvalue weighted by atomic mass is 32.1. The van der Waals surface area contributed by atoms with E-state index in [2.05, 4.69) is 35.9 Å². The van der Waals surface area contributed by atoms with Crippen LogP contribution in [0.1, 0.15) is 5.82 Å². The van der Waals surface area contributed by atoms with E-state index in [0.29, 0.717) is 29.5 Å². The fourth-order valence-corrected chi connectivity index (χ4v) is 4.83. The van der Waals surface area contributed by atoms with Gasteiger partial charge in [0, 0.05) is 22.7 Å². The van der Waals surface area contributed by atoms with Crippen LogP contribution in [0.15, 0.2) is 83.9 Å². The van der Waals surface area contributed by atoms with Crippen molar-refractivity contribution in [1.29, 1.82) is 0 Å². The van der Waals surface area contributed by atoms with Gasteiger partial charge >= 0.3 is 0 Å². The van der Waals surface area contributed by atoms with Gasteiger partial charge in [0.25, 0.3) is 0 Å². The molecule has 0 unspecified atom stereocenters. The van der Waals surface area contributed by atoms with Crippen molar-refractivity contribution < 1.29 is 0 Å². The number of para-hydroxylation sites is 2. The third-order valence-electron chi connectivity index (χ3n) is 5.90. The summed E-state index contributed by atoms with van der Waals surface area (Å²) in [5.41, 5.74) is 6.13. The van der Waals surface area contributed by atoms with Crippen molar-refractivity contribution in [3.8, 4) is 5.69 Å². The van der Waals surface area contributed by atoms with E-state index in [1.54, 1.807) is 23.9 Å². The number of imidazole rings is 2. The molecule has 0 aliphatic heterocycles. The molecular weight excluding hydrogens is 470 g/mol. The summed E-state index contributed by atoms with van der Waals surface area (Å²) in [5.74, 6) is 1.91. The van der Waals surface area contributed by atoms with E-state index in [-0.39, 0.29) is 0 Å². The third kappa shape index (κ3) is 3.69. The number of aromatic nitrogens is 7. The second kappa shape index (κ2) is 8.43. The molecule has 10 heteroatoms. The molecule has 0 amide bonds. The maximum Gasteiger partial charge on any atom is 0.231 e. The Kier molecular flexibility index (Phi) is 4.81. The Morgan fingerprint density at radius 2 is 1.89 bits per heavy atom. The Labute approximate surface area is 208 Å². The van der Waals surface area contributed by atoms with Crippen LogP contribution in [-0.2, 0) is 6.54 Å². The lowest BCUT2D eigenvalue weighted by molar-refractivity contribution is 0.996. The first-order valence-corrected chi connectivity index (χ1v) is 12.3. The fourth-order valence-electron chi connectivity index (χ4n) is 4.20. The Morgan fingerprint density at radius 3 is 2.81 bits per heavy atom. The highest BCUT2D eigenvalue weighted by Crippen LogP contribution is 2.27. The van der Waals surface area contributed by atoms with Crippen molar-refractivity contribution >= 4 is 61.9 Å². The summed E-state index contributed by atoms with van der Waals surface area (Å²) in [7, 11) is 0. The van der Waals surface area contributed by atoms with Crippen LogP contribution in [-0.4, -0.2) is 34.5 Å². The normalized spacial score (nSPS) is 11.4. The summed E-state index contributed by atoms with van der Waals surface area (Å²) in [5, 5.41) is 11.9. The molecule has 5 heterocycles. The van der Waals surface area contributed by atoms with Crippen molar-refractivity contribution in [1.82, 2.24) is 34.5 Å². The number of H-pyrrole nitrogens is 1. The molecule has 7 rings (SSSR count). The van der Waals surface area contributed by atoms with Gasteiger partial charge in [0.05, 0.1) is 28.8 Å². The Morgan fingerprint density at radius 1 is 0.917 bits per heavy atom. The zero-order chi connectivity index (χ0) is 23.9. The average molecular weight is 490 g/mol. The number of anilines is 3. The smallest absolute Gasteiger partial charge is 0.231 e. The van der Waals surface area contributed by atoms with Gasteiger partial charge in [-0.05, 0) is 47.8 Å². The molecule has 0 spiro atoms. The number of hydrogen-bond acceptors (Lipinski definition) is 8. The number of nitrogens with zero attached hydrogens (tertiary/aromatic N) is 6. The van der Waals surface area contributed by atoms with E-state index in [1.807, 2.05) is 70.6 Å². The zero-order valence-electron chi connectivity index (χ0n) is 18.9. The van der Waals surface area contributed by atoms with Crippen molar-refractivity contribution in [2.45, 2.75) is 6.54 Å². The number of nitrogens with one attached hydrogen (secondary N) is 3. The van der Waals surface area contributed by atoms with E-state index in [0.717, 1.165) is 39.1 Å². The van der Waals surface area contributed by atoms with Gasteiger partial charge in [0.2, 0.25) is 5.95 Å². The molecule has 3 N–H and O–H groups in total. The van der Waals surface area contributed by atoms with Gasteiger partial charge in [-0.2, -0.15) is 21.3 Å². The number of thiophene rings is 1. The zero-order valence-corrected chi connectivity index (χ0v) is 19.7. The van der Waals surface area contributed by atoms with Crippen molar-refractivity contribution in [3.63, 3.8) is 0 Å². The minimum Gasteiger partial charge on any atom is -0.361 e. The first-order chi connectivity index (χ1) is 17.8. The van der Waals surface area contributed by atoms with E-state index >= 15 is 0 Å². The van der Waals surface area contributed by atoms with Crippen LogP contribution in [0.5, 0.6) is 0 Å². The molecule has 0 bridgehead atoms. The van der Waals surface area contributed by atoms with E-state index in [1.165, 1.54) is 0 Å². The molecule has 0 atom stereocenters. The van der Waals surface area contributed by atoms with Crippen molar-refractivity contribution in [2.24, 2.45) is 0 Å². The van der Waals surface area contributed by atoms with Crippen LogP contribution in [0.3, 0.4) is 0 Å². The summed E-state index contributed by atoms with van der Waals surface area (Å²) in [6.45, 7) is 0.465. The number of fused-ring (bicyclic) bond motifs is 3. The molecule has 0 saturated heterocycles. The molecule has 36 heavy (non-hydrogen) atoms. The highest BCUT2D eigenvalue weighted by molar-refractivity contribution is 7.08. The number of pyridine rings is 1. The standard InChI is InChI=1S/C26H19N9S/c1-2-6-21-20(5-1)31-22(32-21)13-28-24-23-25(35(15-29-23)18-9-11-36-14-18)34-26(33-24)30-17-7-8-19-16(12-17)4-3-10-27-19/h1-12,14-15H,13H2,(H,31,32)(H2,28,30,33,34). The average Bonchev–Trinajstić information content (AvgIpc) is 3.66. The highest BCUT2D eigenvalue weighted by Gasteiger charge is 2.16. The molecule has 0 saturated carbocycles. The second-order valence-electron chi connectivity index (χ2n) is 8.25. The maximum absolute atomic E-state index is 4.82. The summed E-state index contributed by atoms with van der Waals surface area (Å²) in [6, 6.07) is 20.0. The van der Waals surface area contributed by atoms with Crippen LogP contribution in [0.2, 0.25) is 0 Å². The molecule has 2 aromatic carbocycles. The number of aromatic amines is 1. The molecule has 174 valence electrons. The quantitative estimate of drug-likeness (QED) is 0.277. The molecule has 0 aliphatic carbocycles. The molecule has 5 aromatic heterocycles. The molecule has 0 aliphatic rings. The van der Waals surface area contributed by atoms with Crippen LogP contribution in [0, 0.1) is 0 Å².